The molecule has 2 aromatic carbocycles. The molecule has 4 rings (SSSR count). The van der Waals surface area contributed by atoms with Crippen LogP contribution in [0.25, 0.3) is 11.4 Å². The van der Waals surface area contributed by atoms with Crippen molar-refractivity contribution in [3.8, 4) is 17.1 Å². The molecular formula is C21H15BrClN3O4. The van der Waals surface area contributed by atoms with Crippen molar-refractivity contribution < 1.29 is 18.5 Å². The number of anilines is 1. The van der Waals surface area contributed by atoms with Gasteiger partial charge in [0.1, 0.15) is 5.75 Å². The maximum atomic E-state index is 12.1. The molecule has 0 fully saturated rings. The quantitative estimate of drug-likeness (QED) is 0.364. The Labute approximate surface area is 185 Å². The number of benzene rings is 2. The highest BCUT2D eigenvalue weighted by Gasteiger charge is 2.12. The minimum atomic E-state index is -0.343. The molecule has 7 nitrogen and oxygen atoms in total. The number of aryl methyl sites for hydroxylation is 1. The Hall–Kier alpha value is -3.10. The molecule has 0 unspecified atom stereocenters. The molecule has 2 aromatic heterocycles. The molecule has 0 aliphatic carbocycles. The zero-order valence-corrected chi connectivity index (χ0v) is 18.0. The van der Waals surface area contributed by atoms with Crippen LogP contribution in [0.4, 0.5) is 5.69 Å². The van der Waals surface area contributed by atoms with E-state index in [0.29, 0.717) is 32.8 Å². The van der Waals surface area contributed by atoms with E-state index in [1.165, 1.54) is 0 Å². The molecule has 0 bridgehead atoms. The van der Waals surface area contributed by atoms with Crippen LogP contribution in [-0.4, -0.2) is 16.0 Å². The van der Waals surface area contributed by atoms with Gasteiger partial charge in [0.15, 0.2) is 17.0 Å². The van der Waals surface area contributed by atoms with Crippen molar-refractivity contribution in [1.82, 2.24) is 10.1 Å². The van der Waals surface area contributed by atoms with Gasteiger partial charge in [-0.25, -0.2) is 0 Å². The van der Waals surface area contributed by atoms with Crippen LogP contribution in [0.5, 0.6) is 5.75 Å². The number of furan rings is 1. The summed E-state index contributed by atoms with van der Waals surface area (Å²) in [6.07, 6.45) is 0. The molecule has 0 atom stereocenters. The summed E-state index contributed by atoms with van der Waals surface area (Å²) >= 11 is 9.18. The molecule has 152 valence electrons. The fourth-order valence-electron chi connectivity index (χ4n) is 2.61. The fraction of sp³-hybridized carbons (Fsp3) is 0.0952. The first-order chi connectivity index (χ1) is 14.5. The smallest absolute Gasteiger partial charge is 0.291 e. The van der Waals surface area contributed by atoms with Gasteiger partial charge < -0.3 is 19.0 Å². The third kappa shape index (κ3) is 4.72. The second-order valence-corrected chi connectivity index (χ2v) is 7.54. The normalized spacial score (nSPS) is 10.8. The predicted octanol–water partition coefficient (Wildman–Crippen LogP) is 5.89. The van der Waals surface area contributed by atoms with Gasteiger partial charge >= 0.3 is 0 Å². The number of hydrogen-bond donors (Lipinski definition) is 1. The molecule has 0 aliphatic rings. The number of hydrogen-bond acceptors (Lipinski definition) is 6. The van der Waals surface area contributed by atoms with E-state index in [2.05, 4.69) is 31.4 Å². The summed E-state index contributed by atoms with van der Waals surface area (Å²) in [5.74, 6) is 1.31. The third-order valence-electron chi connectivity index (χ3n) is 4.16. The van der Waals surface area contributed by atoms with E-state index in [9.17, 15) is 4.79 Å². The molecular weight excluding hydrogens is 474 g/mol. The van der Waals surface area contributed by atoms with Gasteiger partial charge in [-0.2, -0.15) is 4.98 Å². The van der Waals surface area contributed by atoms with Gasteiger partial charge in [0, 0.05) is 16.3 Å². The van der Waals surface area contributed by atoms with E-state index >= 15 is 0 Å². The number of ether oxygens (including phenoxy) is 1. The van der Waals surface area contributed by atoms with Crippen molar-refractivity contribution in [2.24, 2.45) is 0 Å². The Morgan fingerprint density at radius 2 is 1.97 bits per heavy atom. The molecule has 0 saturated carbocycles. The lowest BCUT2D eigenvalue weighted by atomic mass is 10.2. The molecule has 2 heterocycles. The summed E-state index contributed by atoms with van der Waals surface area (Å²) in [5, 5.41) is 7.41. The molecule has 1 N–H and O–H groups in total. The lowest BCUT2D eigenvalue weighted by Crippen LogP contribution is -2.10. The van der Waals surface area contributed by atoms with Gasteiger partial charge in [-0.3, -0.25) is 4.79 Å². The van der Waals surface area contributed by atoms with E-state index in [1.807, 2.05) is 13.0 Å². The zero-order valence-electron chi connectivity index (χ0n) is 15.7. The van der Waals surface area contributed by atoms with E-state index in [-0.39, 0.29) is 18.3 Å². The number of amides is 1. The van der Waals surface area contributed by atoms with Crippen LogP contribution in [-0.2, 0) is 6.61 Å². The standard InChI is InChI=1S/C21H15BrClN3O4/c1-12-10-15(6-7-16(12)23)28-11-19-25-20(26-30-19)13-2-4-14(5-3-13)24-21(27)17-8-9-18(22)29-17/h2-10H,11H2,1H3,(H,24,27). The number of carbonyl (C=O) groups excluding carboxylic acids is 1. The summed E-state index contributed by atoms with van der Waals surface area (Å²) in [4.78, 5) is 16.5. The SMILES string of the molecule is Cc1cc(OCc2nc(-c3ccc(NC(=O)c4ccc(Br)o4)cc3)no2)ccc1Cl. The van der Waals surface area contributed by atoms with Crippen LogP contribution in [0.2, 0.25) is 5.02 Å². The minimum Gasteiger partial charge on any atom is -0.484 e. The van der Waals surface area contributed by atoms with Gasteiger partial charge in [0.2, 0.25) is 5.82 Å². The number of rotatable bonds is 6. The Balaban J connectivity index is 1.38. The highest BCUT2D eigenvalue weighted by molar-refractivity contribution is 9.10. The van der Waals surface area contributed by atoms with Crippen LogP contribution in [0.3, 0.4) is 0 Å². The van der Waals surface area contributed by atoms with Crippen molar-refractivity contribution in [1.29, 1.82) is 0 Å². The largest absolute Gasteiger partial charge is 0.484 e. The first-order valence-corrected chi connectivity index (χ1v) is 10.0. The van der Waals surface area contributed by atoms with Gasteiger partial charge in [-0.05, 0) is 83.0 Å². The van der Waals surface area contributed by atoms with Crippen LogP contribution >= 0.6 is 27.5 Å². The molecule has 0 spiro atoms. The molecule has 0 saturated heterocycles. The highest BCUT2D eigenvalue weighted by Crippen LogP contribution is 2.23. The van der Waals surface area contributed by atoms with Crippen molar-refractivity contribution in [3.05, 3.63) is 81.5 Å². The Morgan fingerprint density at radius 3 is 2.67 bits per heavy atom. The van der Waals surface area contributed by atoms with E-state index < -0.39 is 0 Å². The van der Waals surface area contributed by atoms with Gasteiger partial charge in [-0.15, -0.1) is 0 Å². The molecule has 0 radical (unpaired) electrons. The topological polar surface area (TPSA) is 90.4 Å². The van der Waals surface area contributed by atoms with Gasteiger partial charge in [-0.1, -0.05) is 16.8 Å². The van der Waals surface area contributed by atoms with Gasteiger partial charge in [0.25, 0.3) is 11.8 Å². The zero-order chi connectivity index (χ0) is 21.1. The first-order valence-electron chi connectivity index (χ1n) is 8.86. The fourth-order valence-corrected chi connectivity index (χ4v) is 3.04. The van der Waals surface area contributed by atoms with Gasteiger partial charge in [0.05, 0.1) is 0 Å². The van der Waals surface area contributed by atoms with E-state index in [4.69, 9.17) is 25.3 Å². The first kappa shape index (κ1) is 20.2. The van der Waals surface area contributed by atoms with Crippen LogP contribution in [0.1, 0.15) is 22.0 Å². The summed E-state index contributed by atoms with van der Waals surface area (Å²) in [6.45, 7) is 2.04. The molecule has 9 heteroatoms. The maximum absolute atomic E-state index is 12.1. The van der Waals surface area contributed by atoms with Crippen LogP contribution in [0, 0.1) is 6.92 Å². The summed E-state index contributed by atoms with van der Waals surface area (Å²) in [7, 11) is 0. The van der Waals surface area contributed by atoms with Crippen molar-refractivity contribution >= 4 is 39.1 Å². The number of carbonyl (C=O) groups is 1. The summed E-state index contributed by atoms with van der Waals surface area (Å²) in [6, 6.07) is 15.7. The minimum absolute atomic E-state index is 0.140. The molecule has 30 heavy (non-hydrogen) atoms. The maximum Gasteiger partial charge on any atom is 0.291 e. The monoisotopic (exact) mass is 487 g/mol. The van der Waals surface area contributed by atoms with Crippen molar-refractivity contribution in [3.63, 3.8) is 0 Å². The summed E-state index contributed by atoms with van der Waals surface area (Å²) < 4.78 is 16.6. The number of nitrogens with one attached hydrogen (secondary N) is 1. The Morgan fingerprint density at radius 1 is 1.17 bits per heavy atom. The molecule has 0 aliphatic heterocycles. The number of nitrogens with zero attached hydrogens (tertiary/aromatic N) is 2. The van der Waals surface area contributed by atoms with E-state index in [1.54, 1.807) is 48.5 Å². The average molecular weight is 489 g/mol. The Kier molecular flexibility index (Phi) is 5.87. The number of halogens is 2. The lowest BCUT2D eigenvalue weighted by Gasteiger charge is -2.05. The highest BCUT2D eigenvalue weighted by atomic mass is 79.9. The van der Waals surface area contributed by atoms with E-state index in [0.717, 1.165) is 11.1 Å². The molecule has 1 amide bonds. The number of aromatic nitrogens is 2. The van der Waals surface area contributed by atoms with Crippen molar-refractivity contribution in [2.75, 3.05) is 5.32 Å². The third-order valence-corrected chi connectivity index (χ3v) is 5.01. The Bertz CT molecular complexity index is 1190. The molecule has 4 aromatic rings. The second kappa shape index (κ2) is 8.73. The average Bonchev–Trinajstić information content (AvgIpc) is 3.39. The summed E-state index contributed by atoms with van der Waals surface area (Å²) in [5.41, 5.74) is 2.28. The second-order valence-electron chi connectivity index (χ2n) is 6.35. The van der Waals surface area contributed by atoms with Crippen LogP contribution in [0.15, 0.2) is 68.2 Å². The lowest BCUT2D eigenvalue weighted by molar-refractivity contribution is 0.0995. The predicted molar refractivity (Wildman–Crippen MR) is 115 cm³/mol. The van der Waals surface area contributed by atoms with Crippen LogP contribution < -0.4 is 10.1 Å². The van der Waals surface area contributed by atoms with Crippen molar-refractivity contribution in [2.45, 2.75) is 13.5 Å².